The maximum absolute atomic E-state index is 12.7. The molecule has 0 radical (unpaired) electrons. The maximum atomic E-state index is 12.7. The van der Waals surface area contributed by atoms with E-state index in [1.54, 1.807) is 0 Å². The van der Waals surface area contributed by atoms with E-state index in [-0.39, 0.29) is 12.0 Å². The van der Waals surface area contributed by atoms with Gasteiger partial charge in [-0.1, -0.05) is 97.6 Å². The number of hydrogen-bond donors (Lipinski definition) is 0. The minimum absolute atomic E-state index is 0.106. The van der Waals surface area contributed by atoms with Crippen molar-refractivity contribution < 1.29 is 40.2 Å². The van der Waals surface area contributed by atoms with Crippen molar-refractivity contribution in [2.24, 2.45) is 0 Å². The van der Waals surface area contributed by atoms with Crippen LogP contribution in [-0.4, -0.2) is 54.7 Å². The molecule has 10 heteroatoms. The van der Waals surface area contributed by atoms with Crippen LogP contribution < -0.4 is 0 Å². The zero-order chi connectivity index (χ0) is 28.7. The molecule has 208 valence electrons. The lowest BCUT2D eigenvalue weighted by Crippen LogP contribution is -2.70. The van der Waals surface area contributed by atoms with E-state index in [1.165, 1.54) is 11.1 Å². The van der Waals surface area contributed by atoms with E-state index >= 15 is 0 Å². The van der Waals surface area contributed by atoms with Gasteiger partial charge in [-0.3, -0.25) is 0 Å². The smallest absolute Gasteiger partial charge is 0.485 e. The highest BCUT2D eigenvalue weighted by Crippen LogP contribution is 2.48. The number of alkyl halides is 3. The summed E-state index contributed by atoms with van der Waals surface area (Å²) in [5.41, 5.74) is -0.902. The molecule has 0 spiro atoms. The first kappa shape index (κ1) is 30.1. The third kappa shape index (κ3) is 7.56. The molecule has 0 aliphatic carbocycles. The number of benzene rings is 3. The molecule has 1 aliphatic rings. The standard InChI is InChI=1S/C28H30NO2.CHF3O3S/c1-3-31-27(30)21-29(19-23-13-7-4-8-14-23)20-26(25-17-11-6-12-18-25)28(29)22(2)24-15-9-5-10-16-24;2-1(3,4)8(5,6)7/h4-18,26,28H,2-3,19-21H2,1H3;(H,5,6,7)/q+1;/p-1/t26-,28-,29?;/m0./s1. The molecular weight excluding hydrogens is 531 g/mol. The van der Waals surface area contributed by atoms with E-state index in [2.05, 4.69) is 67.2 Å². The van der Waals surface area contributed by atoms with E-state index in [0.717, 1.165) is 24.2 Å². The summed E-state index contributed by atoms with van der Waals surface area (Å²) in [4.78, 5) is 12.7. The average molecular weight is 562 g/mol. The molecular formula is C29H30F3NO5S. The minimum atomic E-state index is -6.09. The molecule has 0 aromatic heterocycles. The van der Waals surface area contributed by atoms with E-state index < -0.39 is 15.6 Å². The van der Waals surface area contributed by atoms with Crippen molar-refractivity contribution in [3.63, 3.8) is 0 Å². The molecule has 0 saturated carbocycles. The summed E-state index contributed by atoms with van der Waals surface area (Å²) < 4.78 is 64.9. The molecule has 0 bridgehead atoms. The fraction of sp³-hybridized carbons (Fsp3) is 0.276. The van der Waals surface area contributed by atoms with E-state index in [4.69, 9.17) is 17.7 Å². The van der Waals surface area contributed by atoms with Crippen LogP contribution in [-0.2, 0) is 26.2 Å². The van der Waals surface area contributed by atoms with Gasteiger partial charge in [-0.25, -0.2) is 13.2 Å². The molecule has 0 N–H and O–H groups in total. The summed E-state index contributed by atoms with van der Waals surface area (Å²) in [6, 6.07) is 31.5. The number of carbonyl (C=O) groups is 1. The number of carbonyl (C=O) groups excluding carboxylic acids is 1. The zero-order valence-electron chi connectivity index (χ0n) is 21.4. The average Bonchev–Trinajstić information content (AvgIpc) is 2.88. The first-order valence-corrected chi connectivity index (χ1v) is 13.7. The fourth-order valence-corrected chi connectivity index (χ4v) is 5.03. The lowest BCUT2D eigenvalue weighted by Gasteiger charge is -2.57. The Morgan fingerprint density at radius 3 is 1.95 bits per heavy atom. The van der Waals surface area contributed by atoms with Crippen molar-refractivity contribution in [1.29, 1.82) is 0 Å². The molecule has 3 aromatic rings. The van der Waals surface area contributed by atoms with Crippen LogP contribution in [0.4, 0.5) is 13.2 Å². The summed E-state index contributed by atoms with van der Waals surface area (Å²) in [5.74, 6) is 0.169. The molecule has 6 nitrogen and oxygen atoms in total. The van der Waals surface area contributed by atoms with Gasteiger partial charge in [0.05, 0.1) is 19.1 Å². The van der Waals surface area contributed by atoms with E-state index in [9.17, 15) is 18.0 Å². The Bertz CT molecular complexity index is 1350. The van der Waals surface area contributed by atoms with Crippen molar-refractivity contribution in [2.75, 3.05) is 19.7 Å². The van der Waals surface area contributed by atoms with Gasteiger partial charge in [0.1, 0.15) is 12.6 Å². The lowest BCUT2D eigenvalue weighted by molar-refractivity contribution is -0.990. The van der Waals surface area contributed by atoms with Gasteiger partial charge in [0, 0.05) is 11.1 Å². The van der Waals surface area contributed by atoms with Crippen LogP contribution in [0.3, 0.4) is 0 Å². The first-order chi connectivity index (χ1) is 18.4. The molecule has 1 saturated heterocycles. The van der Waals surface area contributed by atoms with E-state index in [0.29, 0.717) is 23.6 Å². The largest absolute Gasteiger partial charge is 0.741 e. The normalized spacial score (nSPS) is 20.6. The van der Waals surface area contributed by atoms with Crippen LogP contribution in [0, 0.1) is 0 Å². The monoisotopic (exact) mass is 561 g/mol. The molecule has 3 atom stereocenters. The molecule has 0 amide bonds. The highest BCUT2D eigenvalue weighted by molar-refractivity contribution is 7.86. The highest BCUT2D eigenvalue weighted by Gasteiger charge is 2.57. The summed E-state index contributed by atoms with van der Waals surface area (Å²) in [6.07, 6.45) is 0. The minimum Gasteiger partial charge on any atom is -0.741 e. The second-order valence-corrected chi connectivity index (χ2v) is 10.6. The van der Waals surface area contributed by atoms with Gasteiger partial charge in [0.2, 0.25) is 0 Å². The Labute approximate surface area is 226 Å². The molecule has 39 heavy (non-hydrogen) atoms. The first-order valence-electron chi connectivity index (χ1n) is 12.2. The summed E-state index contributed by atoms with van der Waals surface area (Å²) in [7, 11) is -6.09. The number of ether oxygens (including phenoxy) is 1. The molecule has 1 fully saturated rings. The lowest BCUT2D eigenvalue weighted by atomic mass is 9.73. The van der Waals surface area contributed by atoms with Crippen LogP contribution >= 0.6 is 0 Å². The van der Waals surface area contributed by atoms with Crippen molar-refractivity contribution in [3.05, 3.63) is 114 Å². The number of hydrogen-bond acceptors (Lipinski definition) is 5. The molecule has 1 aliphatic heterocycles. The van der Waals surface area contributed by atoms with Gasteiger partial charge in [-0.05, 0) is 18.1 Å². The second kappa shape index (κ2) is 12.6. The molecule has 3 aromatic carbocycles. The van der Waals surface area contributed by atoms with Crippen LogP contribution in [0.5, 0.6) is 0 Å². The number of nitrogens with zero attached hydrogens (tertiary/aromatic N) is 1. The predicted octanol–water partition coefficient (Wildman–Crippen LogP) is 5.50. The van der Waals surface area contributed by atoms with Gasteiger partial charge in [-0.2, -0.15) is 13.2 Å². The number of quaternary nitrogens is 1. The van der Waals surface area contributed by atoms with Gasteiger partial charge < -0.3 is 13.8 Å². The third-order valence-corrected chi connectivity index (χ3v) is 7.20. The second-order valence-electron chi connectivity index (χ2n) is 9.26. The zero-order valence-corrected chi connectivity index (χ0v) is 22.2. The summed E-state index contributed by atoms with van der Waals surface area (Å²) in [6.45, 7) is 8.82. The maximum Gasteiger partial charge on any atom is 0.485 e. The quantitative estimate of drug-likeness (QED) is 0.157. The van der Waals surface area contributed by atoms with Crippen LogP contribution in [0.2, 0.25) is 0 Å². The van der Waals surface area contributed by atoms with Crippen LogP contribution in [0.1, 0.15) is 29.5 Å². The van der Waals surface area contributed by atoms with Gasteiger partial charge in [0.25, 0.3) is 0 Å². The van der Waals surface area contributed by atoms with Gasteiger partial charge in [-0.15, -0.1) is 0 Å². The van der Waals surface area contributed by atoms with E-state index in [1.807, 2.05) is 37.3 Å². The number of rotatable bonds is 8. The number of esters is 1. The summed E-state index contributed by atoms with van der Waals surface area (Å²) >= 11 is 0. The van der Waals surface area contributed by atoms with Crippen molar-refractivity contribution in [1.82, 2.24) is 0 Å². The Balaban J connectivity index is 0.000000459. The third-order valence-electron chi connectivity index (χ3n) is 6.63. The molecule has 1 unspecified atom stereocenters. The Morgan fingerprint density at radius 1 is 0.974 bits per heavy atom. The van der Waals surface area contributed by atoms with Crippen molar-refractivity contribution in [2.45, 2.75) is 30.9 Å². The Kier molecular flexibility index (Phi) is 9.71. The van der Waals surface area contributed by atoms with Gasteiger partial charge in [0.15, 0.2) is 16.7 Å². The SMILES string of the molecule is C=C(c1ccccc1)[C@H]1[C@H](c2ccccc2)C[N+]1(CC(=O)OCC)Cc1ccccc1.O=S(=O)([O-])C(F)(F)F. The van der Waals surface area contributed by atoms with Crippen LogP contribution in [0.15, 0.2) is 97.6 Å². The number of likely N-dealkylation sites (tertiary alicyclic amines) is 1. The van der Waals surface area contributed by atoms with Gasteiger partial charge >= 0.3 is 11.5 Å². The molecule has 4 rings (SSSR count). The summed E-state index contributed by atoms with van der Waals surface area (Å²) in [5, 5.41) is 0. The Hall–Kier alpha value is -3.47. The number of halogens is 3. The topological polar surface area (TPSA) is 83.5 Å². The molecule has 1 heterocycles. The highest BCUT2D eigenvalue weighted by atomic mass is 32.2. The van der Waals surface area contributed by atoms with Crippen LogP contribution in [0.25, 0.3) is 5.57 Å². The Morgan fingerprint density at radius 2 is 1.46 bits per heavy atom. The fourth-order valence-electron chi connectivity index (χ4n) is 5.03. The van der Waals surface area contributed by atoms with Crippen molar-refractivity contribution in [3.8, 4) is 0 Å². The van der Waals surface area contributed by atoms with Crippen molar-refractivity contribution >= 4 is 21.7 Å². The predicted molar refractivity (Wildman–Crippen MR) is 141 cm³/mol.